The summed E-state index contributed by atoms with van der Waals surface area (Å²) in [4.78, 5) is 26.7. The van der Waals surface area contributed by atoms with Gasteiger partial charge in [0.15, 0.2) is 0 Å². The first-order valence-electron chi connectivity index (χ1n) is 9.57. The Morgan fingerprint density at radius 2 is 1.83 bits per heavy atom. The number of esters is 1. The number of halogens is 3. The van der Waals surface area contributed by atoms with Crippen molar-refractivity contribution in [3.05, 3.63) is 35.9 Å². The first-order chi connectivity index (χ1) is 14.1. The average molecular weight is 449 g/mol. The summed E-state index contributed by atoms with van der Waals surface area (Å²) in [5, 5.41) is 0. The summed E-state index contributed by atoms with van der Waals surface area (Å²) in [6.45, 7) is -0.902. The molecule has 1 amide bonds. The Morgan fingerprint density at radius 3 is 2.50 bits per heavy atom. The maximum Gasteiger partial charge on any atom is 0.523 e. The van der Waals surface area contributed by atoms with Crippen molar-refractivity contribution in [3.8, 4) is 0 Å². The van der Waals surface area contributed by atoms with Gasteiger partial charge in [0, 0.05) is 6.04 Å². The van der Waals surface area contributed by atoms with Crippen LogP contribution in [-0.4, -0.2) is 49.4 Å². The maximum atomic E-state index is 12.7. The van der Waals surface area contributed by atoms with Gasteiger partial charge in [-0.2, -0.15) is 21.6 Å². The highest BCUT2D eigenvalue weighted by Gasteiger charge is 2.50. The van der Waals surface area contributed by atoms with Crippen LogP contribution in [0.15, 0.2) is 30.3 Å². The third-order valence-electron chi connectivity index (χ3n) is 5.46. The van der Waals surface area contributed by atoms with Crippen molar-refractivity contribution in [2.75, 3.05) is 6.61 Å². The van der Waals surface area contributed by atoms with Crippen LogP contribution in [0.5, 0.6) is 0 Å². The fourth-order valence-corrected chi connectivity index (χ4v) is 4.55. The van der Waals surface area contributed by atoms with Crippen molar-refractivity contribution in [1.29, 1.82) is 0 Å². The topological polar surface area (TPSA) is 90.0 Å². The summed E-state index contributed by atoms with van der Waals surface area (Å²) in [5.74, 6) is -1.09. The molecule has 0 radical (unpaired) electrons. The lowest BCUT2D eigenvalue weighted by Crippen LogP contribution is -2.46. The van der Waals surface area contributed by atoms with E-state index in [1.165, 1.54) is 4.90 Å². The van der Waals surface area contributed by atoms with Gasteiger partial charge in [-0.1, -0.05) is 36.8 Å². The molecule has 2 aliphatic rings. The summed E-state index contributed by atoms with van der Waals surface area (Å²) in [6.07, 6.45) is 2.24. The lowest BCUT2D eigenvalue weighted by atomic mass is 10.0. The van der Waals surface area contributed by atoms with E-state index in [0.717, 1.165) is 18.4 Å². The van der Waals surface area contributed by atoms with E-state index in [-0.39, 0.29) is 18.6 Å². The third kappa shape index (κ3) is 4.94. The number of likely N-dealkylation sites (tertiary alicyclic amines) is 1. The highest BCUT2D eigenvalue weighted by Crippen LogP contribution is 2.42. The van der Waals surface area contributed by atoms with E-state index in [2.05, 4.69) is 4.18 Å². The first-order valence-corrected chi connectivity index (χ1v) is 11.0. The van der Waals surface area contributed by atoms with E-state index in [9.17, 15) is 31.2 Å². The Bertz CT molecular complexity index is 874. The third-order valence-corrected chi connectivity index (χ3v) is 6.50. The van der Waals surface area contributed by atoms with Gasteiger partial charge in [-0.25, -0.2) is 4.79 Å². The van der Waals surface area contributed by atoms with Crippen LogP contribution < -0.4 is 0 Å². The maximum absolute atomic E-state index is 12.7. The van der Waals surface area contributed by atoms with Crippen molar-refractivity contribution in [1.82, 2.24) is 4.90 Å². The van der Waals surface area contributed by atoms with E-state index in [1.807, 2.05) is 6.07 Å². The fourth-order valence-electron chi connectivity index (χ4n) is 4.12. The molecule has 0 bridgehead atoms. The van der Waals surface area contributed by atoms with Crippen molar-refractivity contribution in [2.24, 2.45) is 5.92 Å². The molecule has 1 aliphatic carbocycles. The molecule has 11 heteroatoms. The van der Waals surface area contributed by atoms with Crippen molar-refractivity contribution < 1.29 is 40.1 Å². The molecule has 30 heavy (non-hydrogen) atoms. The molecule has 1 saturated heterocycles. The predicted molar refractivity (Wildman–Crippen MR) is 98.2 cm³/mol. The second kappa shape index (κ2) is 8.93. The number of fused-ring (bicyclic) bond motifs is 1. The summed E-state index contributed by atoms with van der Waals surface area (Å²) in [7, 11) is -5.77. The molecule has 0 aromatic heterocycles. The second-order valence-electron chi connectivity index (χ2n) is 7.38. The Kier molecular flexibility index (Phi) is 6.71. The average Bonchev–Trinajstić information content (AvgIpc) is 3.26. The van der Waals surface area contributed by atoms with Crippen molar-refractivity contribution >= 4 is 22.0 Å². The molecular weight excluding hydrogens is 427 g/mol. The number of carbonyl (C=O) groups is 2. The molecular formula is C19H22F3NO6S. The Labute approximate surface area is 172 Å². The molecule has 7 nitrogen and oxygen atoms in total. The Morgan fingerprint density at radius 1 is 1.13 bits per heavy atom. The number of hydrogen-bond donors (Lipinski definition) is 0. The normalized spacial score (nSPS) is 24.0. The predicted octanol–water partition coefficient (Wildman–Crippen LogP) is 2.76. The molecule has 1 heterocycles. The zero-order valence-corrected chi connectivity index (χ0v) is 16.8. The number of benzene rings is 1. The zero-order chi connectivity index (χ0) is 21.9. The number of carbonyl (C=O) groups excluding carboxylic acids is 2. The van der Waals surface area contributed by atoms with E-state index >= 15 is 0 Å². The molecule has 0 unspecified atom stereocenters. The number of ether oxygens (including phenoxy) is 1. The standard InChI is InChI=1S/C19H22F3NO6S/c20-19(21,22)30(26,27)29-10-9-17(24)23-15-8-4-7-14(15)11-16(23)18(25)28-12-13-5-2-1-3-6-13/h1-3,5-6,14-16H,4,7-12H2/t14-,15-,16+/m1/s1. The van der Waals surface area contributed by atoms with E-state index in [0.29, 0.717) is 12.8 Å². The molecule has 0 spiro atoms. The Hall–Kier alpha value is -2.14. The van der Waals surface area contributed by atoms with Crippen molar-refractivity contribution in [2.45, 2.75) is 56.3 Å². The van der Waals surface area contributed by atoms with Crippen LogP contribution in [0.1, 0.15) is 37.7 Å². The summed E-state index contributed by atoms with van der Waals surface area (Å²) in [6, 6.07) is 7.96. The second-order valence-corrected chi connectivity index (χ2v) is 8.98. The minimum Gasteiger partial charge on any atom is -0.459 e. The smallest absolute Gasteiger partial charge is 0.459 e. The molecule has 1 aromatic rings. The van der Waals surface area contributed by atoms with Crippen LogP contribution in [0, 0.1) is 5.92 Å². The van der Waals surface area contributed by atoms with Gasteiger partial charge in [0.2, 0.25) is 5.91 Å². The van der Waals surface area contributed by atoms with E-state index in [1.54, 1.807) is 24.3 Å². The largest absolute Gasteiger partial charge is 0.523 e. The molecule has 0 N–H and O–H groups in total. The highest BCUT2D eigenvalue weighted by atomic mass is 32.2. The van der Waals surface area contributed by atoms with Crippen LogP contribution in [0.25, 0.3) is 0 Å². The molecule has 3 rings (SSSR count). The van der Waals surface area contributed by atoms with Gasteiger partial charge < -0.3 is 9.64 Å². The van der Waals surface area contributed by atoms with E-state index < -0.39 is 46.6 Å². The van der Waals surface area contributed by atoms with Crippen LogP contribution in [0.3, 0.4) is 0 Å². The zero-order valence-electron chi connectivity index (χ0n) is 16.0. The van der Waals surface area contributed by atoms with Gasteiger partial charge >= 0.3 is 21.6 Å². The monoisotopic (exact) mass is 449 g/mol. The van der Waals surface area contributed by atoms with Crippen molar-refractivity contribution in [3.63, 3.8) is 0 Å². The fraction of sp³-hybridized carbons (Fsp3) is 0.579. The van der Waals surface area contributed by atoms with Crippen LogP contribution in [-0.2, 0) is 35.2 Å². The van der Waals surface area contributed by atoms with Crippen LogP contribution in [0.4, 0.5) is 13.2 Å². The number of hydrogen-bond acceptors (Lipinski definition) is 6. The lowest BCUT2D eigenvalue weighted by Gasteiger charge is -2.28. The number of rotatable bonds is 7. The highest BCUT2D eigenvalue weighted by molar-refractivity contribution is 7.87. The number of alkyl halides is 3. The molecule has 3 atom stereocenters. The summed E-state index contributed by atoms with van der Waals surface area (Å²) >= 11 is 0. The minimum absolute atomic E-state index is 0.0421. The molecule has 1 saturated carbocycles. The van der Waals surface area contributed by atoms with Crippen LogP contribution in [0.2, 0.25) is 0 Å². The van der Waals surface area contributed by atoms with Gasteiger partial charge in [-0.3, -0.25) is 8.98 Å². The lowest BCUT2D eigenvalue weighted by molar-refractivity contribution is -0.156. The van der Waals surface area contributed by atoms with Gasteiger partial charge in [0.25, 0.3) is 0 Å². The van der Waals surface area contributed by atoms with Gasteiger partial charge in [-0.15, -0.1) is 0 Å². The summed E-state index contributed by atoms with van der Waals surface area (Å²) in [5.41, 5.74) is -4.77. The summed E-state index contributed by atoms with van der Waals surface area (Å²) < 4.78 is 68.3. The molecule has 2 fully saturated rings. The van der Waals surface area contributed by atoms with Crippen LogP contribution >= 0.6 is 0 Å². The van der Waals surface area contributed by atoms with Gasteiger partial charge in [0.05, 0.1) is 13.0 Å². The Balaban J connectivity index is 1.62. The number of nitrogens with zero attached hydrogens (tertiary/aromatic N) is 1. The van der Waals surface area contributed by atoms with Gasteiger partial charge in [-0.05, 0) is 30.7 Å². The van der Waals surface area contributed by atoms with Gasteiger partial charge in [0.1, 0.15) is 12.6 Å². The molecule has 1 aromatic carbocycles. The number of amides is 1. The first kappa shape index (κ1) is 22.5. The molecule has 166 valence electrons. The quantitative estimate of drug-likeness (QED) is 0.361. The minimum atomic E-state index is -5.77. The SMILES string of the molecule is O=C(OCc1ccccc1)[C@@H]1C[C@H]2CCC[C@H]2N1C(=O)CCOS(=O)(=O)C(F)(F)F. The van der Waals surface area contributed by atoms with E-state index in [4.69, 9.17) is 4.74 Å². The molecule has 1 aliphatic heterocycles.